The maximum Gasteiger partial charge on any atom is 0.222 e. The van der Waals surface area contributed by atoms with Gasteiger partial charge in [0.05, 0.1) is 11.7 Å². The molecule has 0 aliphatic heterocycles. The highest BCUT2D eigenvalue weighted by molar-refractivity contribution is 5.65. The van der Waals surface area contributed by atoms with Crippen LogP contribution in [0.4, 0.5) is 0 Å². The molecular weight excluding hydrogens is 424 g/mol. The number of aryl methyl sites for hydroxylation is 2. The first-order valence-electron chi connectivity index (χ1n) is 11.9. The third-order valence-corrected chi connectivity index (χ3v) is 5.79. The van der Waals surface area contributed by atoms with Gasteiger partial charge in [-0.3, -0.25) is 4.90 Å². The number of allylic oxidation sites excluding steroid dienone is 1. The SMILES string of the molecule is C=CCCC(O)CN(CCN(C)C)Cc1c(-c2ccccc2)nn(C)c1Oc1ccc(C)cc1. The fraction of sp³-hybridized carbons (Fsp3) is 0.393. The van der Waals surface area contributed by atoms with Crippen molar-refractivity contribution in [2.24, 2.45) is 7.05 Å². The Morgan fingerprint density at radius 3 is 2.44 bits per heavy atom. The summed E-state index contributed by atoms with van der Waals surface area (Å²) in [4.78, 5) is 4.45. The van der Waals surface area contributed by atoms with Crippen LogP contribution in [0.1, 0.15) is 24.0 Å². The van der Waals surface area contributed by atoms with E-state index in [4.69, 9.17) is 9.84 Å². The van der Waals surface area contributed by atoms with Crippen LogP contribution in [0.3, 0.4) is 0 Å². The van der Waals surface area contributed by atoms with Crippen LogP contribution in [0.25, 0.3) is 11.3 Å². The van der Waals surface area contributed by atoms with E-state index in [9.17, 15) is 5.11 Å². The predicted octanol–water partition coefficient (Wildman–Crippen LogP) is 4.88. The van der Waals surface area contributed by atoms with Gasteiger partial charge in [0.15, 0.2) is 0 Å². The Balaban J connectivity index is 1.96. The van der Waals surface area contributed by atoms with E-state index in [1.54, 1.807) is 0 Å². The van der Waals surface area contributed by atoms with Crippen molar-refractivity contribution in [3.63, 3.8) is 0 Å². The molecule has 3 aromatic rings. The van der Waals surface area contributed by atoms with Crippen LogP contribution in [0.5, 0.6) is 11.6 Å². The molecule has 0 saturated carbocycles. The molecule has 0 spiro atoms. The van der Waals surface area contributed by atoms with Gasteiger partial charge in [-0.1, -0.05) is 54.1 Å². The Hall–Kier alpha value is -2.93. The van der Waals surface area contributed by atoms with E-state index < -0.39 is 6.10 Å². The van der Waals surface area contributed by atoms with Gasteiger partial charge < -0.3 is 14.7 Å². The molecule has 6 nitrogen and oxygen atoms in total. The van der Waals surface area contributed by atoms with Crippen LogP contribution in [0.15, 0.2) is 67.3 Å². The minimum absolute atomic E-state index is 0.418. The van der Waals surface area contributed by atoms with Crippen LogP contribution < -0.4 is 4.74 Å². The zero-order chi connectivity index (χ0) is 24.5. The summed E-state index contributed by atoms with van der Waals surface area (Å²) < 4.78 is 8.20. The van der Waals surface area contributed by atoms with Gasteiger partial charge in [-0.25, -0.2) is 4.68 Å². The van der Waals surface area contributed by atoms with E-state index in [0.29, 0.717) is 19.5 Å². The molecule has 1 unspecified atom stereocenters. The lowest BCUT2D eigenvalue weighted by Gasteiger charge is -2.27. The smallest absolute Gasteiger partial charge is 0.222 e. The van der Waals surface area contributed by atoms with Crippen LogP contribution in [-0.2, 0) is 13.6 Å². The van der Waals surface area contributed by atoms with Crippen molar-refractivity contribution in [2.45, 2.75) is 32.4 Å². The highest BCUT2D eigenvalue weighted by Gasteiger charge is 2.23. The predicted molar refractivity (Wildman–Crippen MR) is 139 cm³/mol. The molecule has 2 aromatic carbocycles. The molecule has 182 valence electrons. The summed E-state index contributed by atoms with van der Waals surface area (Å²) in [5.74, 6) is 1.50. The van der Waals surface area contributed by atoms with Gasteiger partial charge in [0.2, 0.25) is 5.88 Å². The summed E-state index contributed by atoms with van der Waals surface area (Å²) in [5, 5.41) is 15.5. The van der Waals surface area contributed by atoms with E-state index in [1.165, 1.54) is 5.56 Å². The molecule has 0 radical (unpaired) electrons. The number of aliphatic hydroxyl groups excluding tert-OH is 1. The van der Waals surface area contributed by atoms with Crippen molar-refractivity contribution in [3.05, 3.63) is 78.4 Å². The molecule has 1 aromatic heterocycles. The number of aliphatic hydroxyl groups is 1. The molecule has 34 heavy (non-hydrogen) atoms. The van der Waals surface area contributed by atoms with Gasteiger partial charge in [0, 0.05) is 38.8 Å². The molecule has 1 atom stereocenters. The fourth-order valence-electron chi connectivity index (χ4n) is 3.87. The highest BCUT2D eigenvalue weighted by Crippen LogP contribution is 2.34. The number of hydrogen-bond acceptors (Lipinski definition) is 5. The summed E-state index contributed by atoms with van der Waals surface area (Å²) in [6, 6.07) is 18.3. The maximum absolute atomic E-state index is 10.7. The van der Waals surface area contributed by atoms with Crippen molar-refractivity contribution in [2.75, 3.05) is 33.7 Å². The molecule has 0 saturated heterocycles. The monoisotopic (exact) mass is 462 g/mol. The second-order valence-corrected chi connectivity index (χ2v) is 9.10. The summed E-state index contributed by atoms with van der Waals surface area (Å²) in [5.41, 5.74) is 4.15. The lowest BCUT2D eigenvalue weighted by molar-refractivity contribution is 0.0977. The van der Waals surface area contributed by atoms with Crippen molar-refractivity contribution in [1.82, 2.24) is 19.6 Å². The molecule has 0 aliphatic carbocycles. The Labute approximate surface area is 204 Å². The van der Waals surface area contributed by atoms with Crippen molar-refractivity contribution in [3.8, 4) is 22.9 Å². The normalized spacial score (nSPS) is 12.3. The summed E-state index contributed by atoms with van der Waals surface area (Å²) in [7, 11) is 6.05. The van der Waals surface area contributed by atoms with E-state index in [1.807, 2.05) is 60.3 Å². The van der Waals surface area contributed by atoms with Gasteiger partial charge in [0.25, 0.3) is 0 Å². The van der Waals surface area contributed by atoms with Crippen LogP contribution in [0.2, 0.25) is 0 Å². The standard InChI is InChI=1S/C28H38N4O2/c1-6-7-13-24(33)20-32(19-18-30(3)4)21-26-27(23-11-9-8-10-12-23)29-31(5)28(26)34-25-16-14-22(2)15-17-25/h6,8-12,14-17,24,33H,1,7,13,18-21H2,2-5H3. The second-order valence-electron chi connectivity index (χ2n) is 9.10. The second kappa shape index (κ2) is 12.5. The Bertz CT molecular complexity index is 1030. The fourth-order valence-corrected chi connectivity index (χ4v) is 3.87. The van der Waals surface area contributed by atoms with Crippen molar-refractivity contribution < 1.29 is 9.84 Å². The number of rotatable bonds is 13. The van der Waals surface area contributed by atoms with Crippen LogP contribution in [-0.4, -0.2) is 64.5 Å². The minimum Gasteiger partial charge on any atom is -0.439 e. The van der Waals surface area contributed by atoms with E-state index >= 15 is 0 Å². The molecule has 1 N–H and O–H groups in total. The first kappa shape index (κ1) is 25.7. The van der Waals surface area contributed by atoms with Gasteiger partial charge in [-0.2, -0.15) is 5.10 Å². The molecule has 0 amide bonds. The Kier molecular flexibility index (Phi) is 9.45. The average molecular weight is 463 g/mol. The molecule has 3 rings (SSSR count). The van der Waals surface area contributed by atoms with Crippen LogP contribution >= 0.6 is 0 Å². The molecule has 0 aliphatic rings. The van der Waals surface area contributed by atoms with Crippen LogP contribution in [0, 0.1) is 6.92 Å². The van der Waals surface area contributed by atoms with Gasteiger partial charge in [-0.15, -0.1) is 6.58 Å². The number of ether oxygens (including phenoxy) is 1. The van der Waals surface area contributed by atoms with E-state index in [-0.39, 0.29) is 0 Å². The van der Waals surface area contributed by atoms with Crippen molar-refractivity contribution in [1.29, 1.82) is 0 Å². The quantitative estimate of drug-likeness (QED) is 0.367. The third-order valence-electron chi connectivity index (χ3n) is 5.79. The molecule has 0 bridgehead atoms. The first-order valence-corrected chi connectivity index (χ1v) is 11.9. The number of nitrogens with zero attached hydrogens (tertiary/aromatic N) is 4. The van der Waals surface area contributed by atoms with E-state index in [0.717, 1.165) is 48.0 Å². The molecular formula is C28H38N4O2. The number of aromatic nitrogens is 2. The van der Waals surface area contributed by atoms with Gasteiger partial charge in [-0.05, 0) is 46.0 Å². The number of hydrogen-bond donors (Lipinski definition) is 1. The minimum atomic E-state index is -0.418. The molecule has 0 fully saturated rings. The summed E-state index contributed by atoms with van der Waals surface area (Å²) in [6.45, 7) is 8.77. The molecule has 1 heterocycles. The summed E-state index contributed by atoms with van der Waals surface area (Å²) in [6.07, 6.45) is 2.94. The number of likely N-dealkylation sites (N-methyl/N-ethyl adjacent to an activating group) is 1. The van der Waals surface area contributed by atoms with Gasteiger partial charge >= 0.3 is 0 Å². The maximum atomic E-state index is 10.7. The summed E-state index contributed by atoms with van der Waals surface area (Å²) >= 11 is 0. The first-order chi connectivity index (χ1) is 16.4. The Morgan fingerprint density at radius 1 is 1.09 bits per heavy atom. The third kappa shape index (κ3) is 7.29. The van der Waals surface area contributed by atoms with Crippen molar-refractivity contribution >= 4 is 0 Å². The average Bonchev–Trinajstić information content (AvgIpc) is 3.13. The Morgan fingerprint density at radius 2 is 1.79 bits per heavy atom. The number of benzene rings is 2. The van der Waals surface area contributed by atoms with E-state index in [2.05, 4.69) is 49.5 Å². The highest BCUT2D eigenvalue weighted by atomic mass is 16.5. The van der Waals surface area contributed by atoms with Gasteiger partial charge in [0.1, 0.15) is 11.4 Å². The lowest BCUT2D eigenvalue weighted by Crippen LogP contribution is -2.37. The zero-order valence-corrected chi connectivity index (χ0v) is 20.9. The lowest BCUT2D eigenvalue weighted by atomic mass is 10.1. The molecule has 6 heteroatoms. The topological polar surface area (TPSA) is 53.8 Å². The largest absolute Gasteiger partial charge is 0.439 e. The zero-order valence-electron chi connectivity index (χ0n) is 20.9.